The number of aromatic amines is 1. The third-order valence-electron chi connectivity index (χ3n) is 6.48. The van der Waals surface area contributed by atoms with E-state index in [1.54, 1.807) is 25.1 Å². The molecule has 0 radical (unpaired) electrons. The average Bonchev–Trinajstić information content (AvgIpc) is 3.22. The number of piperazine rings is 3. The number of quaternary nitrogens is 2. The first-order valence-corrected chi connectivity index (χ1v) is 12.8. The van der Waals surface area contributed by atoms with Gasteiger partial charge in [0, 0.05) is 23.1 Å². The highest BCUT2D eigenvalue weighted by molar-refractivity contribution is 6.50. The number of hydrogen-bond donors (Lipinski definition) is 2. The van der Waals surface area contributed by atoms with Crippen LogP contribution in [0, 0.1) is 12.7 Å². The molecule has 3 aromatic heterocycles. The number of nitrogens with zero attached hydrogens (tertiary/aromatic N) is 5. The Bertz CT molecular complexity index is 1380. The van der Waals surface area contributed by atoms with Gasteiger partial charge in [-0.2, -0.15) is 19.4 Å². The molecule has 6 rings (SSSR count). The number of ether oxygens (including phenoxy) is 1. The van der Waals surface area contributed by atoms with Crippen LogP contribution in [-0.4, -0.2) is 95.3 Å². The van der Waals surface area contributed by atoms with Crippen molar-refractivity contribution in [2.45, 2.75) is 26.7 Å². The molecule has 21 heteroatoms. The lowest BCUT2D eigenvalue weighted by atomic mass is 10.1. The van der Waals surface area contributed by atoms with Gasteiger partial charge in [-0.15, -0.1) is 4.71 Å². The van der Waals surface area contributed by atoms with Crippen LogP contribution >= 0.6 is 0 Å². The van der Waals surface area contributed by atoms with E-state index >= 15 is 0 Å². The number of aryl methyl sites for hydroxylation is 1. The third-order valence-corrected chi connectivity index (χ3v) is 6.48. The van der Waals surface area contributed by atoms with E-state index in [2.05, 4.69) is 15.3 Å². The first-order valence-electron chi connectivity index (χ1n) is 12.8. The zero-order valence-corrected chi connectivity index (χ0v) is 23.5. The van der Waals surface area contributed by atoms with Crippen molar-refractivity contribution in [3.63, 3.8) is 0 Å². The average molecular weight is 638 g/mol. The van der Waals surface area contributed by atoms with E-state index in [0.29, 0.717) is 67.7 Å². The maximum Gasteiger partial charge on any atom is 0.673 e. The Kier molecular flexibility index (Phi) is 11.3. The predicted molar refractivity (Wildman–Crippen MR) is 137 cm³/mol. The van der Waals surface area contributed by atoms with Gasteiger partial charge in [0.15, 0.2) is 45.1 Å². The standard InChI is InChI=1S/C16H17FN4O2.C6H13FN2O.2BF4/c1-8(2)14-13(17)15-10(5-6-12(23-4)21(15)20-14)11-7-9(3)16(22)19-18-11;7-8-1-4-9(10,5-2-8)6-3-8;2*2-1(3,4)5/h5-8H,1-4H3,(H,19,22);10H,1-6H2;;/q;+2;2*-1. The molecular weight excluding hydrogens is 608 g/mol. The minimum Gasteiger partial charge on any atom is -0.481 e. The van der Waals surface area contributed by atoms with Crippen LogP contribution in [0.3, 0.4) is 0 Å². The van der Waals surface area contributed by atoms with Gasteiger partial charge >= 0.3 is 14.5 Å². The summed E-state index contributed by atoms with van der Waals surface area (Å²) in [5.74, 6) is -0.0482. The van der Waals surface area contributed by atoms with Crippen molar-refractivity contribution < 1.29 is 62.7 Å². The highest BCUT2D eigenvalue weighted by Gasteiger charge is 2.50. The molecule has 43 heavy (non-hydrogen) atoms. The molecule has 0 atom stereocenters. The second-order valence-corrected chi connectivity index (χ2v) is 10.1. The van der Waals surface area contributed by atoms with Crippen LogP contribution in [0.1, 0.15) is 31.0 Å². The van der Waals surface area contributed by atoms with Crippen LogP contribution in [0.4, 0.5) is 43.4 Å². The summed E-state index contributed by atoms with van der Waals surface area (Å²) in [4.78, 5) is 11.5. The summed E-state index contributed by atoms with van der Waals surface area (Å²) >= 11 is 0. The Balaban J connectivity index is 0.000000263. The number of pyridine rings is 1. The molecule has 2 bridgehead atoms. The van der Waals surface area contributed by atoms with Crippen molar-refractivity contribution in [1.82, 2.24) is 19.8 Å². The first-order chi connectivity index (χ1) is 19.6. The van der Waals surface area contributed by atoms with Crippen molar-refractivity contribution >= 4 is 20.0 Å². The van der Waals surface area contributed by atoms with E-state index in [1.165, 1.54) is 11.6 Å². The second-order valence-electron chi connectivity index (χ2n) is 10.1. The van der Waals surface area contributed by atoms with Gasteiger partial charge < -0.3 is 39.3 Å². The van der Waals surface area contributed by atoms with E-state index in [-0.39, 0.29) is 26.3 Å². The molecular formula is C22H30B2F10N6O3. The molecule has 0 spiro atoms. The van der Waals surface area contributed by atoms with Crippen LogP contribution in [0.5, 0.6) is 5.88 Å². The van der Waals surface area contributed by atoms with Crippen LogP contribution in [0.25, 0.3) is 16.8 Å². The minimum atomic E-state index is -6.00. The molecule has 2 N–H and O–H groups in total. The van der Waals surface area contributed by atoms with E-state index in [4.69, 9.17) is 4.74 Å². The van der Waals surface area contributed by atoms with Crippen molar-refractivity contribution in [3.05, 3.63) is 45.6 Å². The van der Waals surface area contributed by atoms with Crippen LogP contribution < -0.4 is 10.3 Å². The summed E-state index contributed by atoms with van der Waals surface area (Å²) in [6.45, 7) is 8.70. The summed E-state index contributed by atoms with van der Waals surface area (Å²) in [5, 5.41) is 20.4. The highest BCUT2D eigenvalue weighted by Crippen LogP contribution is 2.32. The molecule has 0 aliphatic carbocycles. The summed E-state index contributed by atoms with van der Waals surface area (Å²) in [7, 11) is -10.5. The van der Waals surface area contributed by atoms with Gasteiger partial charge in [0.2, 0.25) is 5.88 Å². The molecule has 3 saturated heterocycles. The zero-order chi connectivity index (χ0) is 33.0. The van der Waals surface area contributed by atoms with Crippen molar-refractivity contribution in [3.8, 4) is 17.1 Å². The maximum atomic E-state index is 14.9. The Morgan fingerprint density at radius 3 is 1.86 bits per heavy atom. The SMILES string of the molecule is COc1ccc(-c2cc(C)c(=O)[nH]n2)c2c(F)c(C(C)C)nn12.F[B-](F)(F)F.F[B-](F)(F)F.O[N+]12CC[N+](F)(CC1)CC2. The molecule has 0 unspecified atom stereocenters. The third kappa shape index (κ3) is 10.7. The van der Waals surface area contributed by atoms with Crippen molar-refractivity contribution in [1.29, 1.82) is 0 Å². The molecule has 242 valence electrons. The second kappa shape index (κ2) is 13.5. The highest BCUT2D eigenvalue weighted by atomic mass is 19.5. The molecule has 3 aromatic rings. The molecule has 3 aliphatic heterocycles. The zero-order valence-electron chi connectivity index (χ0n) is 23.5. The van der Waals surface area contributed by atoms with E-state index in [9.17, 15) is 53.4 Å². The number of rotatable bonds is 3. The van der Waals surface area contributed by atoms with Crippen LogP contribution in [0.15, 0.2) is 23.0 Å². The number of aromatic nitrogens is 4. The summed E-state index contributed by atoms with van der Waals surface area (Å²) in [5.41, 5.74) is 1.90. The number of methoxy groups -OCH3 is 1. The van der Waals surface area contributed by atoms with Crippen molar-refractivity contribution in [2.24, 2.45) is 0 Å². The van der Waals surface area contributed by atoms with Crippen LogP contribution in [0.2, 0.25) is 0 Å². The molecule has 0 saturated carbocycles. The van der Waals surface area contributed by atoms with Gasteiger partial charge in [0.25, 0.3) is 5.56 Å². The minimum absolute atomic E-state index is 0.0715. The van der Waals surface area contributed by atoms with Gasteiger partial charge in [-0.05, 0) is 23.5 Å². The lowest BCUT2D eigenvalue weighted by Gasteiger charge is -2.44. The van der Waals surface area contributed by atoms with Gasteiger partial charge in [-0.1, -0.05) is 13.8 Å². The summed E-state index contributed by atoms with van der Waals surface area (Å²) in [6.07, 6.45) is 0. The predicted octanol–water partition coefficient (Wildman–Crippen LogP) is 5.19. The Morgan fingerprint density at radius 1 is 0.977 bits per heavy atom. The fourth-order valence-corrected chi connectivity index (χ4v) is 4.25. The molecule has 0 amide bonds. The molecule has 3 aliphatic rings. The summed E-state index contributed by atoms with van der Waals surface area (Å²) in [6, 6.07) is 5.03. The number of nitrogens with one attached hydrogen (secondary N) is 1. The lowest BCUT2D eigenvalue weighted by molar-refractivity contribution is -1.21. The maximum absolute atomic E-state index is 14.9. The molecule has 3 fully saturated rings. The monoisotopic (exact) mass is 638 g/mol. The number of halogens is 10. The molecule has 6 heterocycles. The van der Waals surface area contributed by atoms with E-state index in [0.717, 1.165) is 0 Å². The topological polar surface area (TPSA) is 92.5 Å². The Morgan fingerprint density at radius 2 is 1.47 bits per heavy atom. The quantitative estimate of drug-likeness (QED) is 0.179. The number of hydroxylamine groups is 3. The Hall–Kier alpha value is -3.32. The van der Waals surface area contributed by atoms with E-state index < -0.39 is 20.3 Å². The van der Waals surface area contributed by atoms with Crippen molar-refractivity contribution in [2.75, 3.05) is 46.4 Å². The smallest absolute Gasteiger partial charge is 0.481 e. The normalized spacial score (nSPS) is 21.3. The van der Waals surface area contributed by atoms with Gasteiger partial charge in [0.05, 0.1) is 12.8 Å². The fraction of sp³-hybridized carbons (Fsp3) is 0.500. The van der Waals surface area contributed by atoms with Gasteiger partial charge in [0.1, 0.15) is 11.2 Å². The molecule has 0 aromatic carbocycles. The first kappa shape index (κ1) is 35.9. The van der Waals surface area contributed by atoms with Gasteiger partial charge in [-0.25, -0.2) is 14.7 Å². The summed E-state index contributed by atoms with van der Waals surface area (Å²) < 4.78 is 113. The number of fused-ring (bicyclic) bond motifs is 4. The van der Waals surface area contributed by atoms with E-state index in [1.807, 2.05) is 13.8 Å². The molecule has 9 nitrogen and oxygen atoms in total. The fourth-order valence-electron chi connectivity index (χ4n) is 4.25. The number of hydrogen-bond acceptors (Lipinski definition) is 5. The van der Waals surface area contributed by atoms with Crippen LogP contribution in [-0.2, 0) is 0 Å². The lowest BCUT2D eigenvalue weighted by Crippen LogP contribution is -2.70. The largest absolute Gasteiger partial charge is 0.673 e. The Labute approximate surface area is 238 Å². The van der Waals surface area contributed by atoms with Gasteiger partial charge in [-0.3, -0.25) is 4.79 Å². The number of H-pyrrole nitrogens is 1.